The first kappa shape index (κ1) is 16.8. The summed E-state index contributed by atoms with van der Waals surface area (Å²) in [5, 5.41) is 11.0. The van der Waals surface area contributed by atoms with Gasteiger partial charge in [-0.15, -0.1) is 5.10 Å². The number of fused-ring (bicyclic) bond motifs is 1. The van der Waals surface area contributed by atoms with E-state index < -0.39 is 5.91 Å². The molecule has 7 heteroatoms. The number of morpholine rings is 1. The normalized spacial score (nSPS) is 14.6. The molecule has 0 bridgehead atoms. The maximum absolute atomic E-state index is 11.5. The van der Waals surface area contributed by atoms with Gasteiger partial charge in [-0.05, 0) is 35.9 Å². The Morgan fingerprint density at radius 3 is 2.73 bits per heavy atom. The Bertz CT molecular complexity index is 986. The van der Waals surface area contributed by atoms with Crippen molar-refractivity contribution in [1.82, 2.24) is 10.2 Å². The number of anilines is 1. The largest absolute Gasteiger partial charge is 0.378 e. The summed E-state index contributed by atoms with van der Waals surface area (Å²) in [5.41, 5.74) is 7.46. The number of hydrogen-bond donors (Lipinski definition) is 1. The molecule has 3 aromatic rings. The minimum absolute atomic E-state index is 0.423. The molecule has 2 heterocycles. The lowest BCUT2D eigenvalue weighted by molar-refractivity contribution is 0.100. The second kappa shape index (κ2) is 6.90. The Labute approximate surface area is 155 Å². The van der Waals surface area contributed by atoms with Crippen LogP contribution in [0.1, 0.15) is 10.4 Å². The molecule has 1 aliphatic heterocycles. The van der Waals surface area contributed by atoms with E-state index in [1.807, 2.05) is 18.2 Å². The predicted octanol–water partition coefficient (Wildman–Crippen LogP) is 2.89. The van der Waals surface area contributed by atoms with Crippen LogP contribution in [0.2, 0.25) is 5.02 Å². The van der Waals surface area contributed by atoms with Gasteiger partial charge in [0, 0.05) is 40.0 Å². The minimum atomic E-state index is -0.482. The van der Waals surface area contributed by atoms with Gasteiger partial charge in [0.05, 0.1) is 19.4 Å². The third kappa shape index (κ3) is 3.09. The van der Waals surface area contributed by atoms with Gasteiger partial charge in [-0.25, -0.2) is 0 Å². The molecule has 0 radical (unpaired) electrons. The van der Waals surface area contributed by atoms with Crippen LogP contribution in [0.3, 0.4) is 0 Å². The number of nitrogens with zero attached hydrogens (tertiary/aromatic N) is 3. The van der Waals surface area contributed by atoms with Crippen molar-refractivity contribution < 1.29 is 9.53 Å². The van der Waals surface area contributed by atoms with Gasteiger partial charge in [0.25, 0.3) is 0 Å². The van der Waals surface area contributed by atoms with Gasteiger partial charge in [-0.1, -0.05) is 17.7 Å². The van der Waals surface area contributed by atoms with Gasteiger partial charge in [0.1, 0.15) is 0 Å². The first-order chi connectivity index (χ1) is 12.6. The van der Waals surface area contributed by atoms with Gasteiger partial charge in [0.2, 0.25) is 5.91 Å². The molecule has 2 N–H and O–H groups in total. The molecule has 0 saturated carbocycles. The number of halogens is 1. The Hall–Kier alpha value is -2.70. The quantitative estimate of drug-likeness (QED) is 0.768. The third-order valence-corrected chi connectivity index (χ3v) is 4.84. The molecule has 0 unspecified atom stereocenters. The summed E-state index contributed by atoms with van der Waals surface area (Å²) in [6, 6.07) is 11.0. The molecule has 1 saturated heterocycles. The van der Waals surface area contributed by atoms with Crippen LogP contribution in [0.25, 0.3) is 21.9 Å². The molecule has 4 rings (SSSR count). The summed E-state index contributed by atoms with van der Waals surface area (Å²) in [7, 11) is 0. The number of hydrogen-bond acceptors (Lipinski definition) is 5. The highest BCUT2D eigenvalue weighted by Crippen LogP contribution is 2.33. The molecule has 0 aliphatic carbocycles. The molecular weight excluding hydrogens is 352 g/mol. The zero-order chi connectivity index (χ0) is 18.1. The number of amides is 1. The van der Waals surface area contributed by atoms with Crippen LogP contribution < -0.4 is 10.6 Å². The van der Waals surface area contributed by atoms with E-state index in [2.05, 4.69) is 15.1 Å². The Morgan fingerprint density at radius 2 is 1.96 bits per heavy atom. The first-order valence-electron chi connectivity index (χ1n) is 8.31. The number of primary amides is 1. The van der Waals surface area contributed by atoms with Crippen molar-refractivity contribution in [3.8, 4) is 11.1 Å². The number of rotatable bonds is 3. The smallest absolute Gasteiger partial charge is 0.248 e. The first-order valence-corrected chi connectivity index (χ1v) is 8.69. The highest BCUT2D eigenvalue weighted by molar-refractivity contribution is 6.33. The van der Waals surface area contributed by atoms with E-state index in [-0.39, 0.29) is 0 Å². The second-order valence-corrected chi connectivity index (χ2v) is 6.54. The van der Waals surface area contributed by atoms with Crippen LogP contribution in [0.4, 0.5) is 5.82 Å². The summed E-state index contributed by atoms with van der Waals surface area (Å²) >= 11 is 6.34. The maximum Gasteiger partial charge on any atom is 0.248 e. The van der Waals surface area contributed by atoms with Crippen molar-refractivity contribution in [3.05, 3.63) is 53.2 Å². The Kier molecular flexibility index (Phi) is 4.44. The molecule has 1 aliphatic rings. The van der Waals surface area contributed by atoms with Gasteiger partial charge in [-0.2, -0.15) is 5.10 Å². The average molecular weight is 369 g/mol. The van der Waals surface area contributed by atoms with Crippen molar-refractivity contribution in [2.45, 2.75) is 0 Å². The number of nitrogens with two attached hydrogens (primary N) is 1. The SMILES string of the molecule is NC(=O)c1ccc(Cl)c(-c2ccc3c(N4CCOCC4)nncc3c2)c1. The summed E-state index contributed by atoms with van der Waals surface area (Å²) < 4.78 is 5.41. The number of carbonyl (C=O) groups is 1. The Morgan fingerprint density at radius 1 is 1.15 bits per heavy atom. The fraction of sp³-hybridized carbons (Fsp3) is 0.211. The van der Waals surface area contributed by atoms with E-state index in [0.717, 1.165) is 40.8 Å². The minimum Gasteiger partial charge on any atom is -0.378 e. The van der Waals surface area contributed by atoms with Gasteiger partial charge in [-0.3, -0.25) is 4.79 Å². The van der Waals surface area contributed by atoms with E-state index in [1.165, 1.54) is 0 Å². The molecule has 26 heavy (non-hydrogen) atoms. The van der Waals surface area contributed by atoms with Crippen molar-refractivity contribution in [3.63, 3.8) is 0 Å². The molecular formula is C19H17ClN4O2. The monoisotopic (exact) mass is 368 g/mol. The third-order valence-electron chi connectivity index (χ3n) is 4.51. The number of benzene rings is 2. The van der Waals surface area contributed by atoms with Crippen LogP contribution >= 0.6 is 11.6 Å². The summed E-state index contributed by atoms with van der Waals surface area (Å²) in [6.07, 6.45) is 1.73. The summed E-state index contributed by atoms with van der Waals surface area (Å²) in [5.74, 6) is 0.374. The topological polar surface area (TPSA) is 81.3 Å². The molecule has 132 valence electrons. The van der Waals surface area contributed by atoms with E-state index >= 15 is 0 Å². The number of carbonyl (C=O) groups excluding carboxylic acids is 1. The van der Waals surface area contributed by atoms with Gasteiger partial charge < -0.3 is 15.4 Å². The molecule has 0 spiro atoms. The maximum atomic E-state index is 11.5. The lowest BCUT2D eigenvalue weighted by atomic mass is 10.00. The Balaban J connectivity index is 1.79. The second-order valence-electron chi connectivity index (χ2n) is 6.13. The fourth-order valence-electron chi connectivity index (χ4n) is 3.15. The summed E-state index contributed by atoms with van der Waals surface area (Å²) in [4.78, 5) is 13.7. The van der Waals surface area contributed by atoms with E-state index in [9.17, 15) is 4.79 Å². The standard InChI is InChI=1S/C19H17ClN4O2/c20-17-4-2-13(18(21)25)10-16(17)12-1-3-15-14(9-12)11-22-23-19(15)24-5-7-26-8-6-24/h1-4,9-11H,5-8H2,(H2,21,25). The van der Waals surface area contributed by atoms with Crippen molar-refractivity contribution in [2.75, 3.05) is 31.2 Å². The van der Waals surface area contributed by atoms with E-state index in [1.54, 1.807) is 24.4 Å². The average Bonchev–Trinajstić information content (AvgIpc) is 2.68. The molecule has 1 amide bonds. The van der Waals surface area contributed by atoms with Gasteiger partial charge in [0.15, 0.2) is 5.82 Å². The highest BCUT2D eigenvalue weighted by Gasteiger charge is 2.16. The van der Waals surface area contributed by atoms with Crippen LogP contribution in [-0.2, 0) is 4.74 Å². The molecule has 2 aromatic carbocycles. The molecule has 0 atom stereocenters. The van der Waals surface area contributed by atoms with Crippen molar-refractivity contribution in [1.29, 1.82) is 0 Å². The number of aromatic nitrogens is 2. The van der Waals surface area contributed by atoms with Crippen molar-refractivity contribution in [2.24, 2.45) is 5.73 Å². The summed E-state index contributed by atoms with van der Waals surface area (Å²) in [6.45, 7) is 2.96. The van der Waals surface area contributed by atoms with E-state index in [0.29, 0.717) is 23.8 Å². The molecule has 1 fully saturated rings. The van der Waals surface area contributed by atoms with Crippen LogP contribution in [-0.4, -0.2) is 42.4 Å². The van der Waals surface area contributed by atoms with E-state index in [4.69, 9.17) is 22.1 Å². The molecule has 6 nitrogen and oxygen atoms in total. The van der Waals surface area contributed by atoms with Crippen LogP contribution in [0, 0.1) is 0 Å². The van der Waals surface area contributed by atoms with Crippen molar-refractivity contribution >= 4 is 34.1 Å². The van der Waals surface area contributed by atoms with Crippen LogP contribution in [0.5, 0.6) is 0 Å². The van der Waals surface area contributed by atoms with Crippen LogP contribution in [0.15, 0.2) is 42.6 Å². The molecule has 1 aromatic heterocycles. The number of ether oxygens (including phenoxy) is 1. The highest BCUT2D eigenvalue weighted by atomic mass is 35.5. The lowest BCUT2D eigenvalue weighted by Crippen LogP contribution is -2.37. The predicted molar refractivity (Wildman–Crippen MR) is 102 cm³/mol. The lowest BCUT2D eigenvalue weighted by Gasteiger charge is -2.28. The fourth-order valence-corrected chi connectivity index (χ4v) is 3.38. The van der Waals surface area contributed by atoms with Gasteiger partial charge >= 0.3 is 0 Å². The zero-order valence-electron chi connectivity index (χ0n) is 14.0. The zero-order valence-corrected chi connectivity index (χ0v) is 14.7.